The summed E-state index contributed by atoms with van der Waals surface area (Å²) in [5.74, 6) is -1.90. The number of nitrogens with zero attached hydrogens (tertiary/aromatic N) is 4. The molecule has 0 heterocycles. The lowest BCUT2D eigenvalue weighted by molar-refractivity contribution is -0.384. The summed E-state index contributed by atoms with van der Waals surface area (Å²) in [6, 6.07) is 5.21. The highest BCUT2D eigenvalue weighted by molar-refractivity contribution is 6.19. The van der Waals surface area contributed by atoms with Crippen LogP contribution in [0.2, 0.25) is 0 Å². The monoisotopic (exact) mass is 318 g/mol. The largest absolute Gasteiger partial charge is 0.478 e. The summed E-state index contributed by atoms with van der Waals surface area (Å²) in [4.78, 5) is 35.7. The third-order valence-electron chi connectivity index (χ3n) is 2.92. The van der Waals surface area contributed by atoms with Gasteiger partial charge in [-0.05, 0) is 42.1 Å². The second-order valence-corrected chi connectivity index (χ2v) is 4.55. The van der Waals surface area contributed by atoms with E-state index >= 15 is 0 Å². The van der Waals surface area contributed by atoms with Gasteiger partial charge in [-0.2, -0.15) is 0 Å². The minimum atomic E-state index is -1.36. The number of nitro groups is 1. The maximum absolute atomic E-state index is 11.9. The predicted octanol–water partition coefficient (Wildman–Crippen LogP) is 3.11. The van der Waals surface area contributed by atoms with Crippen molar-refractivity contribution in [3.63, 3.8) is 0 Å². The number of aliphatic carboxylic acids is 1. The summed E-state index contributed by atoms with van der Waals surface area (Å²) in [5.41, 5.74) is 7.99. The maximum atomic E-state index is 11.9. The Balaban J connectivity index is 2.80. The van der Waals surface area contributed by atoms with Crippen molar-refractivity contribution in [3.05, 3.63) is 56.0 Å². The summed E-state index contributed by atoms with van der Waals surface area (Å²) in [7, 11) is 0. The van der Waals surface area contributed by atoms with E-state index in [1.54, 1.807) is 0 Å². The van der Waals surface area contributed by atoms with Crippen molar-refractivity contribution in [2.45, 2.75) is 19.3 Å². The highest BCUT2D eigenvalue weighted by atomic mass is 16.6. The van der Waals surface area contributed by atoms with Crippen molar-refractivity contribution in [3.8, 4) is 0 Å². The molecule has 0 bridgehead atoms. The van der Waals surface area contributed by atoms with E-state index in [4.69, 9.17) is 10.6 Å². The summed E-state index contributed by atoms with van der Waals surface area (Å²) >= 11 is 0. The maximum Gasteiger partial charge on any atom is 0.339 e. The van der Waals surface area contributed by atoms with Gasteiger partial charge in [0.05, 0.1) is 4.92 Å². The molecule has 0 unspecified atom stereocenters. The van der Waals surface area contributed by atoms with Crippen LogP contribution in [0.3, 0.4) is 0 Å². The zero-order valence-electron chi connectivity index (χ0n) is 12.1. The number of carboxylic acids is 1. The molecule has 0 aromatic heterocycles. The molecule has 0 atom stereocenters. The summed E-state index contributed by atoms with van der Waals surface area (Å²) in [5, 5.41) is 23.0. The molecule has 1 N–H and O–H groups in total. The second-order valence-electron chi connectivity index (χ2n) is 4.55. The zero-order valence-corrected chi connectivity index (χ0v) is 12.1. The van der Waals surface area contributed by atoms with Gasteiger partial charge in [-0.25, -0.2) is 4.79 Å². The van der Waals surface area contributed by atoms with Crippen molar-refractivity contribution >= 4 is 23.5 Å². The molecule has 1 rings (SSSR count). The first-order valence-electron chi connectivity index (χ1n) is 6.69. The minimum Gasteiger partial charge on any atom is -0.478 e. The summed E-state index contributed by atoms with van der Waals surface area (Å²) < 4.78 is 0. The lowest BCUT2D eigenvalue weighted by Crippen LogP contribution is -2.12. The molecule has 0 saturated heterocycles. The van der Waals surface area contributed by atoms with Crippen LogP contribution >= 0.6 is 0 Å². The van der Waals surface area contributed by atoms with Gasteiger partial charge < -0.3 is 5.11 Å². The standard InChI is InChI=1S/C14H14N4O5/c15-17-16-8-2-1-3-13(19)12(14(20)21)9-10-4-6-11(7-5-10)18(22)23/h4-7,9H,1-3,8H2,(H,20,21). The lowest BCUT2D eigenvalue weighted by atomic mass is 10.0. The van der Waals surface area contributed by atoms with Gasteiger partial charge in [-0.3, -0.25) is 14.9 Å². The number of Topliss-reactive ketones (excluding diaryl/α,β-unsaturated/α-hetero) is 1. The van der Waals surface area contributed by atoms with Gasteiger partial charge in [0.25, 0.3) is 5.69 Å². The number of benzene rings is 1. The molecule has 0 radical (unpaired) electrons. The first-order valence-corrected chi connectivity index (χ1v) is 6.69. The van der Waals surface area contributed by atoms with Gasteiger partial charge in [0, 0.05) is 30.0 Å². The number of hydrogen-bond acceptors (Lipinski definition) is 5. The fraction of sp³-hybridized carbons (Fsp3) is 0.286. The number of unbranched alkanes of at least 4 members (excludes halogenated alkanes) is 1. The first-order chi connectivity index (χ1) is 11.0. The molecule has 0 aliphatic heterocycles. The number of carboxylic acid groups (broad SMARTS) is 1. The predicted molar refractivity (Wildman–Crippen MR) is 81.6 cm³/mol. The van der Waals surface area contributed by atoms with Gasteiger partial charge in [-0.1, -0.05) is 5.11 Å². The average Bonchev–Trinajstić information content (AvgIpc) is 2.52. The average molecular weight is 318 g/mol. The zero-order chi connectivity index (χ0) is 17.2. The SMILES string of the molecule is [N-]=[N+]=NCCCCC(=O)C(=Cc1ccc([N+](=O)[O-])cc1)C(=O)O. The van der Waals surface area contributed by atoms with Gasteiger partial charge >= 0.3 is 5.97 Å². The number of hydrogen-bond donors (Lipinski definition) is 1. The normalized spacial score (nSPS) is 10.7. The Morgan fingerprint density at radius 1 is 1.30 bits per heavy atom. The van der Waals surface area contributed by atoms with E-state index in [-0.39, 0.29) is 24.2 Å². The molecule has 9 heteroatoms. The Hall–Kier alpha value is -3.19. The Morgan fingerprint density at radius 3 is 2.48 bits per heavy atom. The third-order valence-corrected chi connectivity index (χ3v) is 2.92. The van der Waals surface area contributed by atoms with E-state index in [1.165, 1.54) is 30.3 Å². The first kappa shape index (κ1) is 17.9. The molecular weight excluding hydrogens is 304 g/mol. The molecule has 0 amide bonds. The van der Waals surface area contributed by atoms with Crippen LogP contribution in [-0.2, 0) is 9.59 Å². The van der Waals surface area contributed by atoms with Crippen LogP contribution in [0.5, 0.6) is 0 Å². The summed E-state index contributed by atoms with van der Waals surface area (Å²) in [6.45, 7) is 0.248. The second kappa shape index (κ2) is 8.96. The molecule has 0 aliphatic carbocycles. The van der Waals surface area contributed by atoms with Gasteiger partial charge in [-0.15, -0.1) is 0 Å². The molecule has 23 heavy (non-hydrogen) atoms. The van der Waals surface area contributed by atoms with Gasteiger partial charge in [0.15, 0.2) is 5.78 Å². The number of nitro benzene ring substituents is 1. The van der Waals surface area contributed by atoms with Crippen LogP contribution in [0, 0.1) is 10.1 Å². The summed E-state index contributed by atoms with van der Waals surface area (Å²) in [6.07, 6.45) is 2.09. The fourth-order valence-electron chi connectivity index (χ4n) is 1.77. The number of ketones is 1. The van der Waals surface area contributed by atoms with Crippen LogP contribution in [0.4, 0.5) is 5.69 Å². The van der Waals surface area contributed by atoms with Crippen LogP contribution in [0.15, 0.2) is 35.0 Å². The molecular formula is C14H14N4O5. The van der Waals surface area contributed by atoms with E-state index in [0.29, 0.717) is 18.4 Å². The van der Waals surface area contributed by atoms with Crippen molar-refractivity contribution < 1.29 is 19.6 Å². The van der Waals surface area contributed by atoms with E-state index in [0.717, 1.165) is 0 Å². The molecule has 1 aromatic rings. The molecule has 0 aliphatic rings. The number of rotatable bonds is 9. The number of non-ortho nitro benzene ring substituents is 1. The van der Waals surface area contributed by atoms with Gasteiger partial charge in [0.2, 0.25) is 0 Å². The Bertz CT molecular complexity index is 675. The van der Waals surface area contributed by atoms with Crippen LogP contribution in [-0.4, -0.2) is 28.3 Å². The topological polar surface area (TPSA) is 146 Å². The highest BCUT2D eigenvalue weighted by Gasteiger charge is 2.17. The number of carbonyl (C=O) groups is 2. The van der Waals surface area contributed by atoms with Crippen molar-refractivity contribution in [2.75, 3.05) is 6.54 Å². The minimum absolute atomic E-state index is 0.0199. The van der Waals surface area contributed by atoms with Crippen molar-refractivity contribution in [1.82, 2.24) is 0 Å². The van der Waals surface area contributed by atoms with E-state index in [2.05, 4.69) is 10.0 Å². The highest BCUT2D eigenvalue weighted by Crippen LogP contribution is 2.16. The third kappa shape index (κ3) is 5.98. The van der Waals surface area contributed by atoms with Crippen LogP contribution in [0.1, 0.15) is 24.8 Å². The quantitative estimate of drug-likeness (QED) is 0.0855. The molecule has 9 nitrogen and oxygen atoms in total. The Labute approximate surface area is 131 Å². The van der Waals surface area contributed by atoms with Crippen molar-refractivity contribution in [1.29, 1.82) is 0 Å². The van der Waals surface area contributed by atoms with Gasteiger partial charge in [0.1, 0.15) is 5.57 Å². The number of azide groups is 1. The Morgan fingerprint density at radius 2 is 1.96 bits per heavy atom. The molecule has 0 fully saturated rings. The molecule has 0 saturated carbocycles. The van der Waals surface area contributed by atoms with Crippen molar-refractivity contribution in [2.24, 2.45) is 5.11 Å². The molecule has 120 valence electrons. The van der Waals surface area contributed by atoms with E-state index in [1.807, 2.05) is 0 Å². The smallest absolute Gasteiger partial charge is 0.339 e. The molecule has 0 spiro atoms. The number of carbonyl (C=O) groups excluding carboxylic acids is 1. The van der Waals surface area contributed by atoms with Crippen LogP contribution < -0.4 is 0 Å². The molecule has 1 aromatic carbocycles. The fourth-order valence-corrected chi connectivity index (χ4v) is 1.77. The van der Waals surface area contributed by atoms with Crippen LogP contribution in [0.25, 0.3) is 16.5 Å². The Kier molecular flexibility index (Phi) is 6.96. The van der Waals surface area contributed by atoms with E-state index < -0.39 is 16.7 Å². The van der Waals surface area contributed by atoms with E-state index in [9.17, 15) is 19.7 Å². The lowest BCUT2D eigenvalue weighted by Gasteiger charge is -2.02.